The number of likely N-dealkylation sites (tertiary alicyclic amines) is 1. The molecule has 0 bridgehead atoms. The van der Waals surface area contributed by atoms with Gasteiger partial charge in [0, 0.05) is 19.1 Å². The predicted octanol–water partition coefficient (Wildman–Crippen LogP) is 0.188. The lowest BCUT2D eigenvalue weighted by Gasteiger charge is -2.36. The lowest BCUT2D eigenvalue weighted by atomic mass is 10.0. The van der Waals surface area contributed by atoms with Crippen LogP contribution in [-0.2, 0) is 9.59 Å². The number of piperidine rings is 1. The summed E-state index contributed by atoms with van der Waals surface area (Å²) in [5.41, 5.74) is 0. The van der Waals surface area contributed by atoms with Gasteiger partial charge in [0.2, 0.25) is 0 Å². The fourth-order valence-corrected chi connectivity index (χ4v) is 2.44. The van der Waals surface area contributed by atoms with Gasteiger partial charge in [0.15, 0.2) is 0 Å². The van der Waals surface area contributed by atoms with E-state index in [0.717, 1.165) is 25.9 Å². The molecule has 0 saturated carbocycles. The number of hydrogen-bond donors (Lipinski definition) is 2. The maximum Gasteiger partial charge on any atom is 0.308 e. The molecule has 0 spiro atoms. The molecule has 0 aliphatic carbocycles. The van der Waals surface area contributed by atoms with Gasteiger partial charge >= 0.3 is 11.9 Å². The third kappa shape index (κ3) is 4.62. The van der Waals surface area contributed by atoms with Gasteiger partial charge in [-0.1, -0.05) is 0 Å². The molecule has 0 aromatic carbocycles. The number of carbonyl (C=O) groups is 2. The Morgan fingerprint density at radius 1 is 1.44 bits per heavy atom. The Kier molecular flexibility index (Phi) is 5.55. The van der Waals surface area contributed by atoms with E-state index in [1.165, 1.54) is 0 Å². The average molecular weight is 258 g/mol. The van der Waals surface area contributed by atoms with Crippen LogP contribution < -0.4 is 0 Å². The molecular weight excluding hydrogens is 236 g/mol. The van der Waals surface area contributed by atoms with Crippen molar-refractivity contribution in [1.82, 2.24) is 9.80 Å². The van der Waals surface area contributed by atoms with Crippen molar-refractivity contribution >= 4 is 11.9 Å². The third-order valence-electron chi connectivity index (χ3n) is 3.50. The van der Waals surface area contributed by atoms with Crippen LogP contribution in [0.5, 0.6) is 0 Å². The maximum absolute atomic E-state index is 11.0. The molecule has 6 nitrogen and oxygen atoms in total. The Labute approximate surface area is 107 Å². The van der Waals surface area contributed by atoms with Crippen molar-refractivity contribution in [2.45, 2.75) is 25.3 Å². The first-order valence-electron chi connectivity index (χ1n) is 6.23. The molecule has 0 amide bonds. The van der Waals surface area contributed by atoms with Gasteiger partial charge in [0.25, 0.3) is 0 Å². The molecule has 1 fully saturated rings. The van der Waals surface area contributed by atoms with Crippen molar-refractivity contribution in [3.8, 4) is 0 Å². The van der Waals surface area contributed by atoms with E-state index < -0.39 is 17.9 Å². The quantitative estimate of drug-likeness (QED) is 0.708. The predicted molar refractivity (Wildman–Crippen MR) is 66.5 cm³/mol. The minimum atomic E-state index is -1.06. The molecule has 2 unspecified atom stereocenters. The van der Waals surface area contributed by atoms with Crippen molar-refractivity contribution < 1.29 is 19.8 Å². The summed E-state index contributed by atoms with van der Waals surface area (Å²) in [5, 5.41) is 17.7. The fourth-order valence-electron chi connectivity index (χ4n) is 2.44. The molecule has 1 rings (SSSR count). The van der Waals surface area contributed by atoms with Crippen LogP contribution in [0.25, 0.3) is 0 Å². The third-order valence-corrected chi connectivity index (χ3v) is 3.50. The Morgan fingerprint density at radius 2 is 2.11 bits per heavy atom. The number of carboxylic acids is 2. The van der Waals surface area contributed by atoms with Crippen LogP contribution in [0.3, 0.4) is 0 Å². The van der Waals surface area contributed by atoms with E-state index in [1.807, 2.05) is 19.0 Å². The molecule has 104 valence electrons. The van der Waals surface area contributed by atoms with Crippen LogP contribution in [0.1, 0.15) is 19.3 Å². The Hall–Kier alpha value is -1.14. The molecule has 1 aliphatic heterocycles. The zero-order valence-electron chi connectivity index (χ0n) is 11.0. The lowest BCUT2D eigenvalue weighted by molar-refractivity contribution is -0.149. The molecular formula is C12H22N2O4. The highest BCUT2D eigenvalue weighted by atomic mass is 16.4. The van der Waals surface area contributed by atoms with Crippen LogP contribution in [0, 0.1) is 5.92 Å². The van der Waals surface area contributed by atoms with E-state index in [1.54, 1.807) is 0 Å². The summed E-state index contributed by atoms with van der Waals surface area (Å²) in [6, 6.07) is 0.319. The minimum Gasteiger partial charge on any atom is -0.481 e. The van der Waals surface area contributed by atoms with E-state index >= 15 is 0 Å². The van der Waals surface area contributed by atoms with Crippen molar-refractivity contribution in [1.29, 1.82) is 0 Å². The summed E-state index contributed by atoms with van der Waals surface area (Å²) < 4.78 is 0. The van der Waals surface area contributed by atoms with Crippen molar-refractivity contribution in [3.63, 3.8) is 0 Å². The summed E-state index contributed by atoms with van der Waals surface area (Å²) >= 11 is 0. The fraction of sp³-hybridized carbons (Fsp3) is 0.833. The zero-order chi connectivity index (χ0) is 13.7. The normalized spacial score (nSPS) is 22.9. The highest BCUT2D eigenvalue weighted by Gasteiger charge is 2.27. The highest BCUT2D eigenvalue weighted by Crippen LogP contribution is 2.16. The second-order valence-electron chi connectivity index (χ2n) is 5.13. The Bertz CT molecular complexity index is 308. The monoisotopic (exact) mass is 258 g/mol. The molecule has 0 radical (unpaired) electrons. The molecule has 0 aromatic heterocycles. The van der Waals surface area contributed by atoms with Gasteiger partial charge in [-0.15, -0.1) is 0 Å². The number of hydrogen-bond acceptors (Lipinski definition) is 4. The van der Waals surface area contributed by atoms with Crippen LogP contribution in [0.4, 0.5) is 0 Å². The van der Waals surface area contributed by atoms with Crippen LogP contribution >= 0.6 is 0 Å². The van der Waals surface area contributed by atoms with Gasteiger partial charge in [-0.05, 0) is 33.5 Å². The zero-order valence-corrected chi connectivity index (χ0v) is 11.0. The highest BCUT2D eigenvalue weighted by molar-refractivity contribution is 5.77. The van der Waals surface area contributed by atoms with Crippen LogP contribution in [0.15, 0.2) is 0 Å². The SMILES string of the molecule is CN1CCCC(N(C)CC(CC(=O)O)C(=O)O)C1. The van der Waals surface area contributed by atoms with Gasteiger partial charge in [-0.2, -0.15) is 0 Å². The Morgan fingerprint density at radius 3 is 2.61 bits per heavy atom. The minimum absolute atomic E-state index is 0.292. The lowest BCUT2D eigenvalue weighted by Crippen LogP contribution is -2.47. The molecule has 0 aromatic rings. The van der Waals surface area contributed by atoms with E-state index in [0.29, 0.717) is 12.6 Å². The van der Waals surface area contributed by atoms with Gasteiger partial charge in [0.05, 0.1) is 12.3 Å². The second-order valence-corrected chi connectivity index (χ2v) is 5.13. The molecule has 1 aliphatic rings. The molecule has 1 heterocycles. The van der Waals surface area contributed by atoms with Gasteiger partial charge < -0.3 is 20.0 Å². The van der Waals surface area contributed by atoms with E-state index in [-0.39, 0.29) is 6.42 Å². The van der Waals surface area contributed by atoms with Crippen molar-refractivity contribution in [2.24, 2.45) is 5.92 Å². The second kappa shape index (κ2) is 6.70. The molecule has 18 heavy (non-hydrogen) atoms. The number of nitrogens with zero attached hydrogens (tertiary/aromatic N) is 2. The summed E-state index contributed by atoms with van der Waals surface area (Å²) in [6.45, 7) is 2.28. The van der Waals surface area contributed by atoms with E-state index in [9.17, 15) is 9.59 Å². The topological polar surface area (TPSA) is 81.1 Å². The largest absolute Gasteiger partial charge is 0.481 e. The first-order chi connectivity index (χ1) is 8.40. The van der Waals surface area contributed by atoms with Gasteiger partial charge in [0.1, 0.15) is 0 Å². The van der Waals surface area contributed by atoms with E-state index in [2.05, 4.69) is 4.90 Å². The van der Waals surface area contributed by atoms with Crippen LogP contribution in [0.2, 0.25) is 0 Å². The molecule has 6 heteroatoms. The summed E-state index contributed by atoms with van der Waals surface area (Å²) in [6.07, 6.45) is 1.82. The summed E-state index contributed by atoms with van der Waals surface area (Å²) in [4.78, 5) is 25.9. The molecule has 1 saturated heterocycles. The molecule has 2 atom stereocenters. The number of aliphatic carboxylic acids is 2. The summed E-state index contributed by atoms with van der Waals surface area (Å²) in [7, 11) is 3.92. The first-order valence-corrected chi connectivity index (χ1v) is 6.23. The molecule has 2 N–H and O–H groups in total. The van der Waals surface area contributed by atoms with Crippen LogP contribution in [-0.4, -0.2) is 71.7 Å². The Balaban J connectivity index is 2.51. The smallest absolute Gasteiger partial charge is 0.308 e. The number of likely N-dealkylation sites (N-methyl/N-ethyl adjacent to an activating group) is 2. The standard InChI is InChI=1S/C12H22N2O4/c1-13-5-3-4-10(8-13)14(2)7-9(12(17)18)6-11(15)16/h9-10H,3-8H2,1-2H3,(H,15,16)(H,17,18). The van der Waals surface area contributed by atoms with Crippen molar-refractivity contribution in [2.75, 3.05) is 33.7 Å². The average Bonchev–Trinajstić information content (AvgIpc) is 2.27. The first kappa shape index (κ1) is 14.9. The number of rotatable bonds is 6. The van der Waals surface area contributed by atoms with E-state index in [4.69, 9.17) is 10.2 Å². The van der Waals surface area contributed by atoms with Gasteiger partial charge in [-0.25, -0.2) is 0 Å². The maximum atomic E-state index is 11.0. The van der Waals surface area contributed by atoms with Gasteiger partial charge in [-0.3, -0.25) is 9.59 Å². The summed E-state index contributed by atoms with van der Waals surface area (Å²) in [5.74, 6) is -2.93. The van der Waals surface area contributed by atoms with Crippen molar-refractivity contribution in [3.05, 3.63) is 0 Å². The number of carboxylic acid groups (broad SMARTS) is 2.